The van der Waals surface area contributed by atoms with E-state index in [1.54, 1.807) is 0 Å². The summed E-state index contributed by atoms with van der Waals surface area (Å²) in [4.78, 5) is 25.8. The monoisotopic (exact) mass is 267 g/mol. The van der Waals surface area contributed by atoms with E-state index in [1.165, 1.54) is 0 Å². The van der Waals surface area contributed by atoms with Gasteiger partial charge in [0.15, 0.2) is 0 Å². The van der Waals surface area contributed by atoms with E-state index < -0.39 is 0 Å². The molecule has 0 aliphatic carbocycles. The third kappa shape index (κ3) is 3.26. The van der Waals surface area contributed by atoms with Crippen LogP contribution in [-0.2, 0) is 9.59 Å². The first kappa shape index (κ1) is 14.3. The van der Waals surface area contributed by atoms with Crippen LogP contribution in [0.1, 0.15) is 39.5 Å². The number of nitrogens with two attached hydrogens (primary N) is 1. The lowest BCUT2D eigenvalue weighted by atomic mass is 9.89. The van der Waals surface area contributed by atoms with Gasteiger partial charge in [0.2, 0.25) is 11.8 Å². The van der Waals surface area contributed by atoms with Crippen LogP contribution >= 0.6 is 0 Å². The SMILES string of the molecule is CC1CCC(C(=O)N2CC(C(N)=O)CCC2C)CN1. The number of nitrogens with one attached hydrogen (secondary N) is 1. The van der Waals surface area contributed by atoms with Crippen LogP contribution in [-0.4, -0.2) is 41.9 Å². The molecule has 0 bridgehead atoms. The number of primary amides is 1. The van der Waals surface area contributed by atoms with Gasteiger partial charge in [0.1, 0.15) is 0 Å². The summed E-state index contributed by atoms with van der Waals surface area (Å²) in [5.41, 5.74) is 5.38. The smallest absolute Gasteiger partial charge is 0.227 e. The maximum Gasteiger partial charge on any atom is 0.227 e. The van der Waals surface area contributed by atoms with Gasteiger partial charge < -0.3 is 16.0 Å². The van der Waals surface area contributed by atoms with Crippen molar-refractivity contribution in [3.63, 3.8) is 0 Å². The first-order valence-corrected chi connectivity index (χ1v) is 7.32. The highest BCUT2D eigenvalue weighted by Crippen LogP contribution is 2.25. The van der Waals surface area contributed by atoms with Crippen LogP contribution in [0.15, 0.2) is 0 Å². The Balaban J connectivity index is 1.98. The minimum Gasteiger partial charge on any atom is -0.369 e. The van der Waals surface area contributed by atoms with Gasteiger partial charge in [-0.2, -0.15) is 0 Å². The summed E-state index contributed by atoms with van der Waals surface area (Å²) in [6.07, 6.45) is 3.66. The van der Waals surface area contributed by atoms with E-state index in [2.05, 4.69) is 19.2 Å². The maximum absolute atomic E-state index is 12.6. The molecule has 2 rings (SSSR count). The van der Waals surface area contributed by atoms with Crippen LogP contribution in [0.25, 0.3) is 0 Å². The van der Waals surface area contributed by atoms with Gasteiger partial charge in [-0.1, -0.05) is 0 Å². The maximum atomic E-state index is 12.6. The van der Waals surface area contributed by atoms with Gasteiger partial charge in [0, 0.05) is 25.2 Å². The van der Waals surface area contributed by atoms with Gasteiger partial charge in [-0.25, -0.2) is 0 Å². The predicted molar refractivity (Wildman–Crippen MR) is 73.3 cm³/mol. The lowest BCUT2D eigenvalue weighted by Gasteiger charge is -2.40. The number of amides is 2. The number of hydrogen-bond donors (Lipinski definition) is 2. The van der Waals surface area contributed by atoms with Gasteiger partial charge >= 0.3 is 0 Å². The van der Waals surface area contributed by atoms with Gasteiger partial charge in [0.25, 0.3) is 0 Å². The second kappa shape index (κ2) is 5.90. The van der Waals surface area contributed by atoms with E-state index in [9.17, 15) is 9.59 Å². The molecular weight excluding hydrogens is 242 g/mol. The highest BCUT2D eigenvalue weighted by Gasteiger charge is 2.35. The van der Waals surface area contributed by atoms with Gasteiger partial charge in [-0.05, 0) is 39.5 Å². The number of piperidine rings is 2. The zero-order chi connectivity index (χ0) is 14.0. The molecule has 0 saturated carbocycles. The molecule has 0 aromatic heterocycles. The summed E-state index contributed by atoms with van der Waals surface area (Å²) in [6, 6.07) is 0.726. The Morgan fingerprint density at radius 2 is 1.79 bits per heavy atom. The van der Waals surface area contributed by atoms with E-state index >= 15 is 0 Å². The quantitative estimate of drug-likeness (QED) is 0.764. The predicted octanol–water partition coefficient (Wildman–Crippen LogP) is 0.487. The molecule has 4 atom stereocenters. The molecule has 108 valence electrons. The molecule has 2 fully saturated rings. The minimum atomic E-state index is -0.278. The fourth-order valence-corrected chi connectivity index (χ4v) is 3.09. The number of nitrogens with zero attached hydrogens (tertiary/aromatic N) is 1. The Bertz CT molecular complexity index is 351. The topological polar surface area (TPSA) is 75.4 Å². The van der Waals surface area contributed by atoms with Crippen molar-refractivity contribution in [1.82, 2.24) is 10.2 Å². The van der Waals surface area contributed by atoms with Crippen LogP contribution in [0.3, 0.4) is 0 Å². The number of carbonyl (C=O) groups is 2. The molecule has 5 heteroatoms. The van der Waals surface area contributed by atoms with E-state index in [0.29, 0.717) is 12.6 Å². The third-order valence-electron chi connectivity index (χ3n) is 4.58. The molecule has 3 N–H and O–H groups in total. The summed E-state index contributed by atoms with van der Waals surface area (Å²) in [5.74, 6) is -0.196. The minimum absolute atomic E-state index is 0.0604. The zero-order valence-electron chi connectivity index (χ0n) is 11.9. The molecule has 0 aromatic rings. The fraction of sp³-hybridized carbons (Fsp3) is 0.857. The van der Waals surface area contributed by atoms with Crippen molar-refractivity contribution < 1.29 is 9.59 Å². The van der Waals surface area contributed by atoms with E-state index in [4.69, 9.17) is 5.73 Å². The Hall–Kier alpha value is -1.10. The largest absolute Gasteiger partial charge is 0.369 e. The Labute approximate surface area is 114 Å². The molecule has 0 radical (unpaired) electrons. The van der Waals surface area contributed by atoms with Crippen molar-refractivity contribution in [2.24, 2.45) is 17.6 Å². The van der Waals surface area contributed by atoms with Crippen molar-refractivity contribution in [3.8, 4) is 0 Å². The average molecular weight is 267 g/mol. The normalized spacial score (nSPS) is 36.0. The third-order valence-corrected chi connectivity index (χ3v) is 4.58. The second-order valence-electron chi connectivity index (χ2n) is 6.10. The number of rotatable bonds is 2. The first-order valence-electron chi connectivity index (χ1n) is 7.32. The molecule has 2 aliphatic rings. The lowest BCUT2D eigenvalue weighted by Crippen LogP contribution is -2.53. The summed E-state index contributed by atoms with van der Waals surface area (Å²) in [7, 11) is 0. The molecule has 4 unspecified atom stereocenters. The van der Waals surface area contributed by atoms with Crippen LogP contribution < -0.4 is 11.1 Å². The number of hydrogen-bond acceptors (Lipinski definition) is 3. The van der Waals surface area contributed by atoms with Crippen LogP contribution in [0, 0.1) is 11.8 Å². The van der Waals surface area contributed by atoms with Crippen molar-refractivity contribution in [2.75, 3.05) is 13.1 Å². The second-order valence-corrected chi connectivity index (χ2v) is 6.10. The highest BCUT2D eigenvalue weighted by atomic mass is 16.2. The summed E-state index contributed by atoms with van der Waals surface area (Å²) >= 11 is 0. The first-order chi connectivity index (χ1) is 8.99. The molecular formula is C14H25N3O2. The Morgan fingerprint density at radius 1 is 1.11 bits per heavy atom. The van der Waals surface area contributed by atoms with Crippen LogP contribution in [0.2, 0.25) is 0 Å². The molecule has 0 spiro atoms. The van der Waals surface area contributed by atoms with Crippen molar-refractivity contribution in [2.45, 2.75) is 51.6 Å². The van der Waals surface area contributed by atoms with Crippen molar-refractivity contribution in [3.05, 3.63) is 0 Å². The summed E-state index contributed by atoms with van der Waals surface area (Å²) in [5, 5.41) is 3.36. The molecule has 0 aromatic carbocycles. The van der Waals surface area contributed by atoms with Gasteiger partial charge in [0.05, 0.1) is 11.8 Å². The van der Waals surface area contributed by atoms with Gasteiger partial charge in [-0.3, -0.25) is 9.59 Å². The molecule has 2 heterocycles. The van der Waals surface area contributed by atoms with E-state index in [1.807, 2.05) is 4.90 Å². The standard InChI is InChI=1S/C14H25N3O2/c1-9-3-5-11(7-16-9)14(19)17-8-12(13(15)18)6-4-10(17)2/h9-12,16H,3-8H2,1-2H3,(H2,15,18). The van der Waals surface area contributed by atoms with Crippen molar-refractivity contribution in [1.29, 1.82) is 0 Å². The molecule has 19 heavy (non-hydrogen) atoms. The molecule has 2 amide bonds. The fourth-order valence-electron chi connectivity index (χ4n) is 3.09. The molecule has 2 aliphatic heterocycles. The highest BCUT2D eigenvalue weighted by molar-refractivity contribution is 5.82. The summed E-state index contributed by atoms with van der Waals surface area (Å²) in [6.45, 7) is 5.47. The molecule has 2 saturated heterocycles. The number of likely N-dealkylation sites (tertiary alicyclic amines) is 1. The van der Waals surface area contributed by atoms with Crippen LogP contribution in [0.5, 0.6) is 0 Å². The molecule has 5 nitrogen and oxygen atoms in total. The van der Waals surface area contributed by atoms with E-state index in [0.717, 1.165) is 32.2 Å². The number of carbonyl (C=O) groups excluding carboxylic acids is 2. The Morgan fingerprint density at radius 3 is 2.37 bits per heavy atom. The van der Waals surface area contributed by atoms with Crippen LogP contribution in [0.4, 0.5) is 0 Å². The average Bonchev–Trinajstić information content (AvgIpc) is 2.39. The van der Waals surface area contributed by atoms with Crippen molar-refractivity contribution >= 4 is 11.8 Å². The lowest BCUT2D eigenvalue weighted by molar-refractivity contribution is -0.142. The van der Waals surface area contributed by atoms with E-state index in [-0.39, 0.29) is 29.7 Å². The Kier molecular flexibility index (Phi) is 4.45. The summed E-state index contributed by atoms with van der Waals surface area (Å²) < 4.78 is 0. The zero-order valence-corrected chi connectivity index (χ0v) is 11.9. The van der Waals surface area contributed by atoms with Gasteiger partial charge in [-0.15, -0.1) is 0 Å².